The van der Waals surface area contributed by atoms with Crippen LogP contribution in [0.3, 0.4) is 0 Å². The molecule has 1 aromatic carbocycles. The molecule has 6 nitrogen and oxygen atoms in total. The number of nitrogens with one attached hydrogen (secondary N) is 1. The van der Waals surface area contributed by atoms with Crippen LogP contribution in [0.5, 0.6) is 5.88 Å². The number of rotatable bonds is 7. The molecule has 150 valence electrons. The van der Waals surface area contributed by atoms with Crippen molar-refractivity contribution in [2.45, 2.75) is 32.1 Å². The third kappa shape index (κ3) is 4.51. The van der Waals surface area contributed by atoms with Gasteiger partial charge in [0.05, 0.1) is 23.9 Å². The van der Waals surface area contributed by atoms with E-state index in [-0.39, 0.29) is 5.91 Å². The van der Waals surface area contributed by atoms with Crippen LogP contribution >= 0.6 is 0 Å². The number of aromatic nitrogens is 1. The zero-order valence-electron chi connectivity index (χ0n) is 16.8. The normalized spacial score (nSPS) is 15.8. The van der Waals surface area contributed by atoms with Gasteiger partial charge in [0.25, 0.3) is 0 Å². The maximum absolute atomic E-state index is 13.4. The summed E-state index contributed by atoms with van der Waals surface area (Å²) in [6, 6.07) is 10.1. The van der Waals surface area contributed by atoms with Crippen LogP contribution in [0.15, 0.2) is 36.5 Å². The van der Waals surface area contributed by atoms with Crippen molar-refractivity contribution >= 4 is 11.6 Å². The molecule has 0 unspecified atom stereocenters. The molecule has 1 aliphatic rings. The fourth-order valence-corrected chi connectivity index (χ4v) is 3.56. The molecule has 1 saturated heterocycles. The number of carbonyl (C=O) groups excluding carboxylic acids is 1. The van der Waals surface area contributed by atoms with E-state index < -0.39 is 5.41 Å². The number of anilines is 1. The number of nitrogens with zero attached hydrogens (tertiary/aromatic N) is 1. The topological polar surface area (TPSA) is 69.7 Å². The van der Waals surface area contributed by atoms with Crippen LogP contribution < -0.4 is 10.1 Å². The molecule has 0 atom stereocenters. The van der Waals surface area contributed by atoms with Gasteiger partial charge < -0.3 is 19.5 Å². The van der Waals surface area contributed by atoms with Gasteiger partial charge in [-0.25, -0.2) is 4.98 Å². The SMILES string of the molecule is COCCOc1ncc(NC(=O)C2(c3cccc(C)c3)CCOCC2)cc1C. The summed E-state index contributed by atoms with van der Waals surface area (Å²) in [6.07, 6.45) is 2.95. The zero-order valence-corrected chi connectivity index (χ0v) is 16.8. The van der Waals surface area contributed by atoms with E-state index in [1.54, 1.807) is 13.3 Å². The van der Waals surface area contributed by atoms with Crippen LogP contribution in [0, 0.1) is 13.8 Å². The second-order valence-corrected chi connectivity index (χ2v) is 7.21. The molecule has 0 aliphatic carbocycles. The molecule has 6 heteroatoms. The van der Waals surface area contributed by atoms with Gasteiger partial charge in [-0.15, -0.1) is 0 Å². The number of hydrogen-bond acceptors (Lipinski definition) is 5. The second kappa shape index (κ2) is 9.17. The van der Waals surface area contributed by atoms with Crippen molar-refractivity contribution in [2.75, 3.05) is 38.9 Å². The Bertz CT molecular complexity index is 816. The number of methoxy groups -OCH3 is 1. The highest BCUT2D eigenvalue weighted by Crippen LogP contribution is 2.36. The summed E-state index contributed by atoms with van der Waals surface area (Å²) in [4.78, 5) is 17.7. The monoisotopic (exact) mass is 384 g/mol. The van der Waals surface area contributed by atoms with E-state index in [2.05, 4.69) is 16.4 Å². The van der Waals surface area contributed by atoms with Crippen molar-refractivity contribution < 1.29 is 19.0 Å². The Labute approximate surface area is 166 Å². The van der Waals surface area contributed by atoms with Crippen molar-refractivity contribution in [1.82, 2.24) is 4.98 Å². The summed E-state index contributed by atoms with van der Waals surface area (Å²) in [7, 11) is 1.63. The van der Waals surface area contributed by atoms with Gasteiger partial charge >= 0.3 is 0 Å². The van der Waals surface area contributed by atoms with Crippen LogP contribution in [0.4, 0.5) is 5.69 Å². The summed E-state index contributed by atoms with van der Waals surface area (Å²) in [5.74, 6) is 0.533. The van der Waals surface area contributed by atoms with E-state index in [0.717, 1.165) is 16.7 Å². The molecule has 2 heterocycles. The maximum Gasteiger partial charge on any atom is 0.235 e. The largest absolute Gasteiger partial charge is 0.475 e. The Hall–Kier alpha value is -2.44. The van der Waals surface area contributed by atoms with Gasteiger partial charge in [-0.1, -0.05) is 29.8 Å². The molecule has 1 fully saturated rings. The average Bonchev–Trinajstić information content (AvgIpc) is 2.70. The maximum atomic E-state index is 13.4. The third-order valence-corrected chi connectivity index (χ3v) is 5.17. The number of amides is 1. The molecule has 1 amide bonds. The Kier molecular flexibility index (Phi) is 6.65. The van der Waals surface area contributed by atoms with E-state index in [1.165, 1.54) is 0 Å². The molecular formula is C22H28N2O4. The fraction of sp³-hybridized carbons (Fsp3) is 0.455. The molecule has 0 bridgehead atoms. The molecule has 0 radical (unpaired) electrons. The Morgan fingerprint density at radius 1 is 1.21 bits per heavy atom. The van der Waals surface area contributed by atoms with Gasteiger partial charge in [0, 0.05) is 25.9 Å². The van der Waals surface area contributed by atoms with E-state index >= 15 is 0 Å². The van der Waals surface area contributed by atoms with E-state index in [1.807, 2.05) is 38.1 Å². The Morgan fingerprint density at radius 3 is 2.68 bits per heavy atom. The number of carbonyl (C=O) groups is 1. The van der Waals surface area contributed by atoms with Gasteiger partial charge in [-0.3, -0.25) is 4.79 Å². The summed E-state index contributed by atoms with van der Waals surface area (Å²) >= 11 is 0. The van der Waals surface area contributed by atoms with Crippen LogP contribution in [-0.4, -0.2) is 44.4 Å². The average molecular weight is 384 g/mol. The minimum absolute atomic E-state index is 0.0179. The molecule has 28 heavy (non-hydrogen) atoms. The van der Waals surface area contributed by atoms with Crippen molar-refractivity contribution in [3.63, 3.8) is 0 Å². The first kappa shape index (κ1) is 20.3. The van der Waals surface area contributed by atoms with Crippen molar-refractivity contribution in [1.29, 1.82) is 0 Å². The highest BCUT2D eigenvalue weighted by atomic mass is 16.5. The zero-order chi connectivity index (χ0) is 20.0. The lowest BCUT2D eigenvalue weighted by Crippen LogP contribution is -2.44. The van der Waals surface area contributed by atoms with E-state index in [4.69, 9.17) is 14.2 Å². The minimum atomic E-state index is -0.591. The number of hydrogen-bond donors (Lipinski definition) is 1. The first-order chi connectivity index (χ1) is 13.5. The highest BCUT2D eigenvalue weighted by Gasteiger charge is 2.41. The lowest BCUT2D eigenvalue weighted by molar-refractivity contribution is -0.125. The number of pyridine rings is 1. The van der Waals surface area contributed by atoms with Crippen molar-refractivity contribution in [3.05, 3.63) is 53.2 Å². The lowest BCUT2D eigenvalue weighted by atomic mass is 9.73. The predicted molar refractivity (Wildman–Crippen MR) is 108 cm³/mol. The van der Waals surface area contributed by atoms with Gasteiger partial charge in [0.1, 0.15) is 6.61 Å². The van der Waals surface area contributed by atoms with Gasteiger partial charge in [-0.2, -0.15) is 0 Å². The predicted octanol–water partition coefficient (Wildman–Crippen LogP) is 3.41. The molecule has 1 N–H and O–H groups in total. The van der Waals surface area contributed by atoms with Crippen LogP contribution in [-0.2, 0) is 19.7 Å². The summed E-state index contributed by atoms with van der Waals surface area (Å²) in [5, 5.41) is 3.07. The van der Waals surface area contributed by atoms with Gasteiger partial charge in [0.15, 0.2) is 0 Å². The highest BCUT2D eigenvalue weighted by molar-refractivity contribution is 5.99. The van der Waals surface area contributed by atoms with Crippen LogP contribution in [0.1, 0.15) is 29.5 Å². The van der Waals surface area contributed by atoms with E-state index in [9.17, 15) is 4.79 Å². The summed E-state index contributed by atoms with van der Waals surface area (Å²) in [6.45, 7) is 6.04. The lowest BCUT2D eigenvalue weighted by Gasteiger charge is -2.36. The first-order valence-electron chi connectivity index (χ1n) is 9.60. The quantitative estimate of drug-likeness (QED) is 0.741. The second-order valence-electron chi connectivity index (χ2n) is 7.21. The molecule has 3 rings (SSSR count). The number of aryl methyl sites for hydroxylation is 2. The molecule has 1 aliphatic heterocycles. The van der Waals surface area contributed by atoms with Crippen LogP contribution in [0.25, 0.3) is 0 Å². The molecule has 1 aromatic heterocycles. The smallest absolute Gasteiger partial charge is 0.235 e. The number of ether oxygens (including phenoxy) is 3. The number of benzene rings is 1. The molecular weight excluding hydrogens is 356 g/mol. The Morgan fingerprint density at radius 2 is 2.00 bits per heavy atom. The molecule has 0 spiro atoms. The van der Waals surface area contributed by atoms with Crippen LogP contribution in [0.2, 0.25) is 0 Å². The third-order valence-electron chi connectivity index (χ3n) is 5.17. The van der Waals surface area contributed by atoms with Crippen molar-refractivity contribution in [2.24, 2.45) is 0 Å². The first-order valence-corrected chi connectivity index (χ1v) is 9.60. The van der Waals surface area contributed by atoms with E-state index in [0.29, 0.717) is 50.8 Å². The fourth-order valence-electron chi connectivity index (χ4n) is 3.56. The van der Waals surface area contributed by atoms with Crippen molar-refractivity contribution in [3.8, 4) is 5.88 Å². The summed E-state index contributed by atoms with van der Waals surface area (Å²) < 4.78 is 16.1. The minimum Gasteiger partial charge on any atom is -0.475 e. The summed E-state index contributed by atoms with van der Waals surface area (Å²) in [5.41, 5.74) is 3.13. The van der Waals surface area contributed by atoms with Gasteiger partial charge in [-0.05, 0) is 38.3 Å². The Balaban J connectivity index is 1.80. The molecule has 0 saturated carbocycles. The molecule has 2 aromatic rings. The van der Waals surface area contributed by atoms with Gasteiger partial charge in [0.2, 0.25) is 11.8 Å². The standard InChI is InChI=1S/C22H28N2O4/c1-16-5-4-6-18(13-16)22(7-9-27-10-8-22)21(25)24-19-14-17(2)20(23-15-19)28-12-11-26-3/h4-6,13-15H,7-12H2,1-3H3,(H,24,25).